The molecule has 3 aromatic rings. The molecule has 4 rings (SSSR count). The summed E-state index contributed by atoms with van der Waals surface area (Å²) in [5.41, 5.74) is 4.93. The highest BCUT2D eigenvalue weighted by Gasteiger charge is 2.36. The molecular weight excluding hydrogens is 398 g/mol. The third-order valence-electron chi connectivity index (χ3n) is 5.72. The Balaban J connectivity index is 1.92. The molecule has 164 valence electrons. The molecule has 2 atom stereocenters. The van der Waals surface area contributed by atoms with Crippen LogP contribution in [0.15, 0.2) is 83.3 Å². The van der Waals surface area contributed by atoms with E-state index in [2.05, 4.69) is 65.1 Å². The molecule has 32 heavy (non-hydrogen) atoms. The van der Waals surface area contributed by atoms with Crippen LogP contribution in [0.4, 0.5) is 5.69 Å². The van der Waals surface area contributed by atoms with Crippen molar-refractivity contribution in [2.45, 2.75) is 25.3 Å². The molecule has 0 radical (unpaired) electrons. The molecule has 1 aliphatic heterocycles. The Morgan fingerprint density at radius 3 is 2.75 bits per heavy atom. The summed E-state index contributed by atoms with van der Waals surface area (Å²) >= 11 is 0. The zero-order valence-electron chi connectivity index (χ0n) is 18.8. The second-order valence-electron chi connectivity index (χ2n) is 8.51. The summed E-state index contributed by atoms with van der Waals surface area (Å²) in [6.45, 7) is 7.00. The maximum Gasteiger partial charge on any atom is 0.272 e. The minimum atomic E-state index is -0.182. The Morgan fingerprint density at radius 2 is 2.03 bits per heavy atom. The molecule has 0 spiro atoms. The first kappa shape index (κ1) is 21.7. The van der Waals surface area contributed by atoms with Gasteiger partial charge in [-0.2, -0.15) is 5.10 Å². The van der Waals surface area contributed by atoms with Crippen LogP contribution in [0.1, 0.15) is 36.7 Å². The molecule has 0 amide bonds. The zero-order chi connectivity index (χ0) is 22.7. The first-order valence-electron chi connectivity index (χ1n) is 10.8. The quantitative estimate of drug-likeness (QED) is 0.427. The number of pyridine rings is 1. The van der Waals surface area contributed by atoms with Crippen molar-refractivity contribution in [3.8, 4) is 0 Å². The second kappa shape index (κ2) is 9.32. The van der Waals surface area contributed by atoms with E-state index in [-0.39, 0.29) is 17.5 Å². The van der Waals surface area contributed by atoms with E-state index in [1.165, 1.54) is 5.57 Å². The van der Waals surface area contributed by atoms with E-state index in [0.717, 1.165) is 34.6 Å². The number of benzene rings is 1. The predicted octanol–water partition coefficient (Wildman–Crippen LogP) is 4.58. The Bertz CT molecular complexity index is 1240. The SMILES string of the molecule is C=CCC(=CC=C(C)CN(C)C)C1c2n[nH]c(=O)c3cccc(c23)NC1c1ccccn1. The van der Waals surface area contributed by atoms with Crippen LogP contribution in [0.5, 0.6) is 0 Å². The van der Waals surface area contributed by atoms with Crippen molar-refractivity contribution in [3.63, 3.8) is 0 Å². The molecule has 6 heteroatoms. The first-order chi connectivity index (χ1) is 15.5. The van der Waals surface area contributed by atoms with Crippen molar-refractivity contribution in [1.29, 1.82) is 0 Å². The highest BCUT2D eigenvalue weighted by Crippen LogP contribution is 2.46. The van der Waals surface area contributed by atoms with Gasteiger partial charge < -0.3 is 10.2 Å². The van der Waals surface area contributed by atoms with Gasteiger partial charge in [-0.15, -0.1) is 6.58 Å². The van der Waals surface area contributed by atoms with Gasteiger partial charge >= 0.3 is 0 Å². The van der Waals surface area contributed by atoms with Gasteiger partial charge in [0.05, 0.1) is 28.7 Å². The summed E-state index contributed by atoms with van der Waals surface area (Å²) in [6.07, 6.45) is 8.77. The molecule has 1 aromatic carbocycles. The van der Waals surface area contributed by atoms with Gasteiger partial charge in [0.15, 0.2) is 0 Å². The molecule has 2 unspecified atom stereocenters. The van der Waals surface area contributed by atoms with E-state index in [0.29, 0.717) is 11.8 Å². The maximum atomic E-state index is 12.5. The van der Waals surface area contributed by atoms with Crippen molar-refractivity contribution in [1.82, 2.24) is 20.1 Å². The second-order valence-corrected chi connectivity index (χ2v) is 8.51. The number of nitrogens with zero attached hydrogens (tertiary/aromatic N) is 3. The van der Waals surface area contributed by atoms with Crippen LogP contribution in [0.2, 0.25) is 0 Å². The van der Waals surface area contributed by atoms with Crippen LogP contribution in [-0.2, 0) is 0 Å². The van der Waals surface area contributed by atoms with Crippen LogP contribution >= 0.6 is 0 Å². The number of likely N-dealkylation sites (N-methyl/N-ethyl adjacent to an activating group) is 1. The van der Waals surface area contributed by atoms with Crippen LogP contribution in [0.25, 0.3) is 10.8 Å². The first-order valence-corrected chi connectivity index (χ1v) is 10.8. The lowest BCUT2D eigenvalue weighted by molar-refractivity contribution is 0.445. The highest BCUT2D eigenvalue weighted by molar-refractivity contribution is 5.97. The van der Waals surface area contributed by atoms with Crippen molar-refractivity contribution in [2.24, 2.45) is 0 Å². The number of hydrogen-bond donors (Lipinski definition) is 2. The summed E-state index contributed by atoms with van der Waals surface area (Å²) in [7, 11) is 4.12. The topological polar surface area (TPSA) is 73.9 Å². The van der Waals surface area contributed by atoms with Crippen molar-refractivity contribution >= 4 is 16.5 Å². The smallest absolute Gasteiger partial charge is 0.272 e. The molecule has 2 N–H and O–H groups in total. The summed E-state index contributed by atoms with van der Waals surface area (Å²) in [6, 6.07) is 11.6. The summed E-state index contributed by atoms with van der Waals surface area (Å²) in [5.74, 6) is -0.111. The molecule has 0 saturated carbocycles. The summed E-state index contributed by atoms with van der Waals surface area (Å²) in [4.78, 5) is 19.3. The van der Waals surface area contributed by atoms with Gasteiger partial charge in [-0.25, -0.2) is 5.10 Å². The molecule has 6 nitrogen and oxygen atoms in total. The predicted molar refractivity (Wildman–Crippen MR) is 131 cm³/mol. The van der Waals surface area contributed by atoms with Crippen molar-refractivity contribution < 1.29 is 0 Å². The van der Waals surface area contributed by atoms with Gasteiger partial charge in [-0.3, -0.25) is 9.78 Å². The Morgan fingerprint density at radius 1 is 1.19 bits per heavy atom. The van der Waals surface area contributed by atoms with Crippen molar-refractivity contribution in [2.75, 3.05) is 26.0 Å². The number of allylic oxidation sites excluding steroid dienone is 3. The van der Waals surface area contributed by atoms with Gasteiger partial charge in [0.25, 0.3) is 5.56 Å². The molecule has 3 heterocycles. The van der Waals surface area contributed by atoms with E-state index >= 15 is 0 Å². The normalized spacial score (nSPS) is 18.6. The molecule has 0 fully saturated rings. The minimum absolute atomic E-state index is 0.111. The number of hydrogen-bond acceptors (Lipinski definition) is 5. The number of aromatic nitrogens is 3. The lowest BCUT2D eigenvalue weighted by Gasteiger charge is -2.35. The fraction of sp³-hybridized carbons (Fsp3) is 0.269. The van der Waals surface area contributed by atoms with E-state index in [4.69, 9.17) is 0 Å². The number of H-pyrrole nitrogens is 1. The molecule has 0 aliphatic carbocycles. The monoisotopic (exact) mass is 427 g/mol. The average molecular weight is 428 g/mol. The number of aromatic amines is 1. The Kier molecular flexibility index (Phi) is 6.32. The van der Waals surface area contributed by atoms with Crippen LogP contribution in [0.3, 0.4) is 0 Å². The largest absolute Gasteiger partial charge is 0.375 e. The molecule has 2 aromatic heterocycles. The number of rotatable bonds is 7. The third-order valence-corrected chi connectivity index (χ3v) is 5.72. The lowest BCUT2D eigenvalue weighted by atomic mass is 9.79. The average Bonchev–Trinajstić information content (AvgIpc) is 2.79. The van der Waals surface area contributed by atoms with Gasteiger partial charge in [0.1, 0.15) is 0 Å². The van der Waals surface area contributed by atoms with E-state index in [1.54, 1.807) is 0 Å². The molecular formula is C26H29N5O. The van der Waals surface area contributed by atoms with E-state index < -0.39 is 0 Å². The van der Waals surface area contributed by atoms with E-state index in [1.807, 2.05) is 48.7 Å². The molecule has 0 saturated heterocycles. The molecule has 1 aliphatic rings. The van der Waals surface area contributed by atoms with Crippen LogP contribution in [0, 0.1) is 0 Å². The maximum absolute atomic E-state index is 12.5. The minimum Gasteiger partial charge on any atom is -0.375 e. The van der Waals surface area contributed by atoms with Gasteiger partial charge in [-0.1, -0.05) is 41.5 Å². The molecule has 0 bridgehead atoms. The van der Waals surface area contributed by atoms with Crippen LogP contribution < -0.4 is 10.9 Å². The van der Waals surface area contributed by atoms with Gasteiger partial charge in [-0.05, 0) is 51.7 Å². The van der Waals surface area contributed by atoms with Crippen LogP contribution in [-0.4, -0.2) is 40.7 Å². The number of nitrogens with one attached hydrogen (secondary N) is 2. The fourth-order valence-electron chi connectivity index (χ4n) is 4.46. The van der Waals surface area contributed by atoms with Crippen molar-refractivity contribution in [3.05, 3.63) is 100 Å². The third kappa shape index (κ3) is 4.27. The Hall–Kier alpha value is -3.51. The van der Waals surface area contributed by atoms with Gasteiger partial charge in [0, 0.05) is 23.8 Å². The summed E-state index contributed by atoms with van der Waals surface area (Å²) < 4.78 is 0. The highest BCUT2D eigenvalue weighted by atomic mass is 16.1. The number of anilines is 1. The zero-order valence-corrected chi connectivity index (χ0v) is 18.8. The van der Waals surface area contributed by atoms with Gasteiger partial charge in [0.2, 0.25) is 0 Å². The Labute approximate surface area is 188 Å². The lowest BCUT2D eigenvalue weighted by Crippen LogP contribution is -2.29. The fourth-order valence-corrected chi connectivity index (χ4v) is 4.46. The standard InChI is InChI=1S/C26H29N5O/c1-5-9-18(14-13-17(2)16-31(3)4)22-24(21-11-6-7-15-27-21)28-20-12-8-10-19-23(20)25(22)29-30-26(19)32/h5-8,10-15,22,24,28H,1,9,16H2,2-4H3,(H,30,32). The van der Waals surface area contributed by atoms with E-state index in [9.17, 15) is 4.79 Å². The summed E-state index contributed by atoms with van der Waals surface area (Å²) in [5, 5.41) is 12.4.